The quantitative estimate of drug-likeness (QED) is 0.833. The summed E-state index contributed by atoms with van der Waals surface area (Å²) in [5.74, 6) is 1.09. The average Bonchev–Trinajstić information content (AvgIpc) is 2.78. The highest BCUT2D eigenvalue weighted by molar-refractivity contribution is 5.45. The van der Waals surface area contributed by atoms with E-state index in [1.807, 2.05) is 13.8 Å². The van der Waals surface area contributed by atoms with Crippen molar-refractivity contribution >= 4 is 0 Å². The Morgan fingerprint density at radius 1 is 1.31 bits per heavy atom. The van der Waals surface area contributed by atoms with E-state index in [0.29, 0.717) is 17.4 Å². The summed E-state index contributed by atoms with van der Waals surface area (Å²) in [5, 5.41) is 3.82. The summed E-state index contributed by atoms with van der Waals surface area (Å²) < 4.78 is 5.09. The van der Waals surface area contributed by atoms with Gasteiger partial charge in [0.2, 0.25) is 11.7 Å². The Morgan fingerprint density at radius 2 is 2.12 bits per heavy atom. The molecule has 1 atom stereocenters. The number of nitrogens with two attached hydrogens (primary N) is 1. The Balaban J connectivity index is 2.27. The Morgan fingerprint density at radius 3 is 2.75 bits per heavy atom. The number of aromatic nitrogens is 4. The fourth-order valence-electron chi connectivity index (χ4n) is 1.17. The van der Waals surface area contributed by atoms with E-state index in [0.717, 1.165) is 0 Å². The maximum Gasteiger partial charge on any atom is 0.244 e. The molecule has 16 heavy (non-hydrogen) atoms. The highest BCUT2D eigenvalue weighted by Gasteiger charge is 2.18. The number of rotatable bonds is 3. The Labute approximate surface area is 92.9 Å². The highest BCUT2D eigenvalue weighted by Crippen LogP contribution is 2.19. The van der Waals surface area contributed by atoms with Gasteiger partial charge < -0.3 is 10.3 Å². The van der Waals surface area contributed by atoms with Crippen molar-refractivity contribution in [3.05, 3.63) is 24.5 Å². The lowest BCUT2D eigenvalue weighted by molar-refractivity contribution is 0.325. The van der Waals surface area contributed by atoms with Crippen LogP contribution in [0.2, 0.25) is 0 Å². The normalized spacial score (nSPS) is 13.0. The molecule has 0 spiro atoms. The molecular weight excluding hydrogens is 206 g/mol. The third-order valence-electron chi connectivity index (χ3n) is 2.24. The third-order valence-corrected chi connectivity index (χ3v) is 2.24. The second-order valence-electron chi connectivity index (χ2n) is 3.82. The van der Waals surface area contributed by atoms with Crippen LogP contribution in [0.3, 0.4) is 0 Å². The van der Waals surface area contributed by atoms with Gasteiger partial charge >= 0.3 is 0 Å². The van der Waals surface area contributed by atoms with Gasteiger partial charge in [0, 0.05) is 12.4 Å². The maximum atomic E-state index is 5.90. The summed E-state index contributed by atoms with van der Waals surface area (Å²) >= 11 is 0. The van der Waals surface area contributed by atoms with Crippen molar-refractivity contribution < 1.29 is 4.52 Å². The molecule has 2 rings (SSSR count). The predicted molar refractivity (Wildman–Crippen MR) is 57.1 cm³/mol. The van der Waals surface area contributed by atoms with Crippen LogP contribution in [0.1, 0.15) is 25.8 Å². The molecule has 0 aliphatic carbocycles. The lowest BCUT2D eigenvalue weighted by atomic mass is 10.1. The minimum absolute atomic E-state index is 0.246. The van der Waals surface area contributed by atoms with E-state index in [2.05, 4.69) is 20.1 Å². The monoisotopic (exact) mass is 219 g/mol. The lowest BCUT2D eigenvalue weighted by Crippen LogP contribution is -2.16. The van der Waals surface area contributed by atoms with Crippen LogP contribution in [0.5, 0.6) is 0 Å². The summed E-state index contributed by atoms with van der Waals surface area (Å²) in [5.41, 5.74) is 6.47. The van der Waals surface area contributed by atoms with Gasteiger partial charge in [0.05, 0.1) is 12.2 Å². The molecule has 0 aromatic carbocycles. The molecule has 0 fully saturated rings. The minimum atomic E-state index is -0.252. The van der Waals surface area contributed by atoms with E-state index in [1.54, 1.807) is 18.6 Å². The molecule has 84 valence electrons. The Hall–Kier alpha value is -1.82. The summed E-state index contributed by atoms with van der Waals surface area (Å²) in [6.45, 7) is 3.99. The molecule has 2 N–H and O–H groups in total. The van der Waals surface area contributed by atoms with Crippen LogP contribution >= 0.6 is 0 Å². The SMILES string of the molecule is CC(C)[C@H](N)c1nc(-c2cnccn2)no1. The van der Waals surface area contributed by atoms with Crippen molar-refractivity contribution in [2.45, 2.75) is 19.9 Å². The van der Waals surface area contributed by atoms with Gasteiger partial charge in [-0.1, -0.05) is 19.0 Å². The smallest absolute Gasteiger partial charge is 0.244 e. The fourth-order valence-corrected chi connectivity index (χ4v) is 1.17. The molecule has 2 heterocycles. The molecule has 6 nitrogen and oxygen atoms in total. The topological polar surface area (TPSA) is 90.7 Å². The van der Waals surface area contributed by atoms with E-state index < -0.39 is 0 Å². The summed E-state index contributed by atoms with van der Waals surface area (Å²) in [4.78, 5) is 12.2. The van der Waals surface area contributed by atoms with Crippen LogP contribution in [0.15, 0.2) is 23.1 Å². The zero-order valence-corrected chi connectivity index (χ0v) is 9.16. The van der Waals surface area contributed by atoms with E-state index in [-0.39, 0.29) is 12.0 Å². The third kappa shape index (κ3) is 2.06. The van der Waals surface area contributed by atoms with Gasteiger partial charge in [-0.15, -0.1) is 0 Å². The molecule has 0 unspecified atom stereocenters. The van der Waals surface area contributed by atoms with Crippen LogP contribution in [0, 0.1) is 5.92 Å². The molecule has 0 saturated heterocycles. The average molecular weight is 219 g/mol. The first-order valence-electron chi connectivity index (χ1n) is 5.04. The highest BCUT2D eigenvalue weighted by atomic mass is 16.5. The molecule has 2 aromatic heterocycles. The van der Waals surface area contributed by atoms with Crippen LogP contribution in [-0.4, -0.2) is 20.1 Å². The summed E-state index contributed by atoms with van der Waals surface area (Å²) in [6, 6.07) is -0.252. The zero-order valence-electron chi connectivity index (χ0n) is 9.16. The summed E-state index contributed by atoms with van der Waals surface area (Å²) in [7, 11) is 0. The van der Waals surface area contributed by atoms with Crippen molar-refractivity contribution in [3.8, 4) is 11.5 Å². The molecular formula is C10H13N5O. The molecule has 2 aromatic rings. The van der Waals surface area contributed by atoms with Crippen LogP contribution in [-0.2, 0) is 0 Å². The van der Waals surface area contributed by atoms with Gasteiger partial charge in [-0.25, -0.2) is 4.98 Å². The lowest BCUT2D eigenvalue weighted by Gasteiger charge is -2.08. The number of hydrogen-bond acceptors (Lipinski definition) is 6. The second kappa shape index (κ2) is 4.36. The number of hydrogen-bond donors (Lipinski definition) is 1. The molecule has 0 amide bonds. The Kier molecular flexibility index (Phi) is 2.91. The van der Waals surface area contributed by atoms with Gasteiger partial charge in [0.15, 0.2) is 0 Å². The van der Waals surface area contributed by atoms with Crippen molar-refractivity contribution in [1.82, 2.24) is 20.1 Å². The van der Waals surface area contributed by atoms with Crippen molar-refractivity contribution in [3.63, 3.8) is 0 Å². The molecule has 0 bridgehead atoms. The van der Waals surface area contributed by atoms with Gasteiger partial charge in [-0.2, -0.15) is 4.98 Å². The first-order chi connectivity index (χ1) is 7.68. The molecule has 0 saturated carbocycles. The Bertz CT molecular complexity index is 453. The standard InChI is InChI=1S/C10H13N5O/c1-6(2)8(11)10-14-9(15-16-10)7-5-12-3-4-13-7/h3-6,8H,11H2,1-2H3/t8-/m0/s1. The largest absolute Gasteiger partial charge is 0.337 e. The van der Waals surface area contributed by atoms with Crippen molar-refractivity contribution in [2.75, 3.05) is 0 Å². The van der Waals surface area contributed by atoms with Gasteiger partial charge in [0.25, 0.3) is 0 Å². The first-order valence-corrected chi connectivity index (χ1v) is 5.04. The number of nitrogens with zero attached hydrogens (tertiary/aromatic N) is 4. The van der Waals surface area contributed by atoms with E-state index in [1.165, 1.54) is 0 Å². The van der Waals surface area contributed by atoms with Crippen LogP contribution in [0.25, 0.3) is 11.5 Å². The second-order valence-corrected chi connectivity index (χ2v) is 3.82. The molecule has 0 aliphatic heterocycles. The van der Waals surface area contributed by atoms with Gasteiger partial charge in [0.1, 0.15) is 5.69 Å². The molecule has 6 heteroatoms. The van der Waals surface area contributed by atoms with Crippen LogP contribution < -0.4 is 5.73 Å². The summed E-state index contributed by atoms with van der Waals surface area (Å²) in [6.07, 6.45) is 4.74. The van der Waals surface area contributed by atoms with Crippen molar-refractivity contribution in [2.24, 2.45) is 11.7 Å². The zero-order chi connectivity index (χ0) is 11.5. The first kappa shape index (κ1) is 10.7. The minimum Gasteiger partial charge on any atom is -0.337 e. The van der Waals surface area contributed by atoms with E-state index >= 15 is 0 Å². The molecule has 0 aliphatic rings. The fraction of sp³-hybridized carbons (Fsp3) is 0.400. The predicted octanol–water partition coefficient (Wildman–Crippen LogP) is 1.18. The van der Waals surface area contributed by atoms with Gasteiger partial charge in [-0.3, -0.25) is 4.98 Å². The van der Waals surface area contributed by atoms with Crippen molar-refractivity contribution in [1.29, 1.82) is 0 Å². The van der Waals surface area contributed by atoms with E-state index in [9.17, 15) is 0 Å². The molecule has 0 radical (unpaired) electrons. The van der Waals surface area contributed by atoms with Gasteiger partial charge in [-0.05, 0) is 5.92 Å². The maximum absolute atomic E-state index is 5.90. The van der Waals surface area contributed by atoms with E-state index in [4.69, 9.17) is 10.3 Å². The van der Waals surface area contributed by atoms with Crippen LogP contribution in [0.4, 0.5) is 0 Å².